The molecule has 9 heteroatoms. The second-order valence-corrected chi connectivity index (χ2v) is 6.31. The number of likely N-dealkylation sites (tertiary alicyclic amines) is 1. The number of pyridine rings is 1. The number of hydrogen-bond acceptors (Lipinski definition) is 3. The van der Waals surface area contributed by atoms with Crippen LogP contribution in [0.1, 0.15) is 34.9 Å². The van der Waals surface area contributed by atoms with E-state index in [2.05, 4.69) is 10.2 Å². The summed E-state index contributed by atoms with van der Waals surface area (Å²) in [6.07, 6.45) is 1.53. The highest BCUT2D eigenvalue weighted by atomic mass is 19.4. The number of carbonyl (C=O) groups excluding carboxylic acids is 1. The van der Waals surface area contributed by atoms with Gasteiger partial charge in [0.25, 0.3) is 5.91 Å². The van der Waals surface area contributed by atoms with Crippen LogP contribution in [-0.2, 0) is 6.18 Å². The average molecular weight is 363 g/mol. The van der Waals surface area contributed by atoms with E-state index in [4.69, 9.17) is 0 Å². The van der Waals surface area contributed by atoms with Crippen molar-refractivity contribution >= 4 is 11.4 Å². The molecule has 0 saturated carbocycles. The van der Waals surface area contributed by atoms with E-state index in [0.717, 1.165) is 6.07 Å². The van der Waals surface area contributed by atoms with Gasteiger partial charge >= 0.3 is 6.18 Å². The maximum Gasteiger partial charge on any atom is 0.435 e. The van der Waals surface area contributed by atoms with Crippen LogP contribution in [-0.4, -0.2) is 43.3 Å². The molecule has 1 unspecified atom stereocenters. The Morgan fingerprint density at radius 3 is 2.81 bits per heavy atom. The van der Waals surface area contributed by atoms with Gasteiger partial charge in [-0.3, -0.25) is 9.48 Å². The lowest BCUT2D eigenvalue weighted by Crippen LogP contribution is -2.40. The smallest absolute Gasteiger partial charge is 0.336 e. The summed E-state index contributed by atoms with van der Waals surface area (Å²) in [5, 5.41) is 7.82. The van der Waals surface area contributed by atoms with Crippen LogP contribution in [0.4, 0.5) is 13.2 Å². The summed E-state index contributed by atoms with van der Waals surface area (Å²) in [4.78, 5) is 14.5. The van der Waals surface area contributed by atoms with Crippen LogP contribution < -0.4 is 0 Å². The molecule has 0 N–H and O–H groups in total. The molecule has 0 radical (unpaired) electrons. The van der Waals surface area contributed by atoms with Crippen molar-refractivity contribution in [1.29, 1.82) is 0 Å². The molecule has 1 aliphatic rings. The summed E-state index contributed by atoms with van der Waals surface area (Å²) < 4.78 is 41.2. The number of aromatic nitrogens is 4. The topological polar surface area (TPSA) is 55.4 Å². The Morgan fingerprint density at radius 1 is 1.19 bits per heavy atom. The van der Waals surface area contributed by atoms with Gasteiger partial charge < -0.3 is 4.90 Å². The third-order valence-electron chi connectivity index (χ3n) is 4.61. The highest BCUT2D eigenvalue weighted by molar-refractivity contribution is 6.00. The molecule has 6 nitrogen and oxygen atoms in total. The highest BCUT2D eigenvalue weighted by Crippen LogP contribution is 2.29. The number of hydrogen-bond donors (Lipinski definition) is 0. The van der Waals surface area contributed by atoms with Crippen molar-refractivity contribution in [2.75, 3.05) is 13.1 Å². The minimum Gasteiger partial charge on any atom is -0.336 e. The Kier molecular flexibility index (Phi) is 3.93. The number of halogens is 3. The normalized spacial score (nSPS) is 18.4. The van der Waals surface area contributed by atoms with Crippen molar-refractivity contribution < 1.29 is 18.0 Å². The number of carbonyl (C=O) groups is 1. The molecular formula is C17H16F3N5O. The van der Waals surface area contributed by atoms with Crippen molar-refractivity contribution in [1.82, 2.24) is 24.3 Å². The van der Waals surface area contributed by atoms with Crippen molar-refractivity contribution in [2.24, 2.45) is 0 Å². The summed E-state index contributed by atoms with van der Waals surface area (Å²) in [6, 6.07) is 6.15. The Morgan fingerprint density at radius 2 is 2.04 bits per heavy atom. The molecule has 3 aromatic heterocycles. The standard InChI is InChI=1S/C17H16F3N5O/c18-17(19,20)15-6-9-24(22-15)12-4-3-7-23(11-12)16(26)13-10-21-25-8-2-1-5-14(13)25/h1-2,5-6,8-10,12H,3-4,7,11H2. The number of fused-ring (bicyclic) bond motifs is 1. The number of rotatable bonds is 2. The second kappa shape index (κ2) is 6.15. The fourth-order valence-electron chi connectivity index (χ4n) is 3.32. The van der Waals surface area contributed by atoms with Crippen LogP contribution in [0.2, 0.25) is 0 Å². The summed E-state index contributed by atoms with van der Waals surface area (Å²) in [5.74, 6) is -0.167. The first-order valence-corrected chi connectivity index (χ1v) is 8.27. The SMILES string of the molecule is O=C(c1cnn2ccccc12)N1CCCC(n2ccc(C(F)(F)F)n2)C1. The molecule has 1 amide bonds. The molecule has 0 aromatic carbocycles. The zero-order valence-electron chi connectivity index (χ0n) is 13.7. The van der Waals surface area contributed by atoms with E-state index in [-0.39, 0.29) is 11.9 Å². The monoisotopic (exact) mass is 363 g/mol. The third kappa shape index (κ3) is 2.93. The fraction of sp³-hybridized carbons (Fsp3) is 0.353. The number of piperidine rings is 1. The first kappa shape index (κ1) is 16.6. The lowest BCUT2D eigenvalue weighted by Gasteiger charge is -2.32. The molecule has 1 saturated heterocycles. The first-order valence-electron chi connectivity index (χ1n) is 8.27. The van der Waals surface area contributed by atoms with Crippen molar-refractivity contribution in [3.8, 4) is 0 Å². The second-order valence-electron chi connectivity index (χ2n) is 6.31. The predicted octanol–water partition coefficient (Wildman–Crippen LogP) is 3.03. The van der Waals surface area contributed by atoms with Gasteiger partial charge in [0.05, 0.1) is 23.3 Å². The van der Waals surface area contributed by atoms with Crippen LogP contribution in [0.25, 0.3) is 5.52 Å². The Balaban J connectivity index is 1.55. The van der Waals surface area contributed by atoms with Gasteiger partial charge in [0.2, 0.25) is 0 Å². The van der Waals surface area contributed by atoms with Gasteiger partial charge in [-0.25, -0.2) is 4.52 Å². The molecule has 26 heavy (non-hydrogen) atoms. The zero-order valence-corrected chi connectivity index (χ0v) is 13.7. The quantitative estimate of drug-likeness (QED) is 0.703. The van der Waals surface area contributed by atoms with E-state index in [1.54, 1.807) is 15.6 Å². The fourth-order valence-corrected chi connectivity index (χ4v) is 3.32. The predicted molar refractivity (Wildman–Crippen MR) is 86.6 cm³/mol. The van der Waals surface area contributed by atoms with E-state index >= 15 is 0 Å². The maximum absolute atomic E-state index is 12.9. The molecular weight excluding hydrogens is 347 g/mol. The minimum absolute atomic E-state index is 0.167. The van der Waals surface area contributed by atoms with E-state index in [1.807, 2.05) is 18.2 Å². The molecule has 0 aliphatic carbocycles. The van der Waals surface area contributed by atoms with Crippen LogP contribution in [0.5, 0.6) is 0 Å². The molecule has 4 heterocycles. The van der Waals surface area contributed by atoms with Gasteiger partial charge in [0, 0.05) is 25.5 Å². The zero-order chi connectivity index (χ0) is 18.3. The lowest BCUT2D eigenvalue weighted by atomic mass is 10.0. The van der Waals surface area contributed by atoms with Crippen LogP contribution in [0.3, 0.4) is 0 Å². The molecule has 0 spiro atoms. The number of amides is 1. The number of alkyl halides is 3. The summed E-state index contributed by atoms with van der Waals surface area (Å²) in [6.45, 7) is 0.884. The van der Waals surface area contributed by atoms with E-state index < -0.39 is 11.9 Å². The van der Waals surface area contributed by atoms with E-state index in [9.17, 15) is 18.0 Å². The lowest BCUT2D eigenvalue weighted by molar-refractivity contribution is -0.141. The summed E-state index contributed by atoms with van der Waals surface area (Å²) in [7, 11) is 0. The van der Waals surface area contributed by atoms with Crippen molar-refractivity contribution in [3.05, 3.63) is 54.1 Å². The van der Waals surface area contributed by atoms with Gasteiger partial charge in [-0.05, 0) is 31.0 Å². The molecule has 1 fully saturated rings. The van der Waals surface area contributed by atoms with E-state index in [0.29, 0.717) is 37.0 Å². The van der Waals surface area contributed by atoms with Crippen LogP contribution >= 0.6 is 0 Å². The third-order valence-corrected chi connectivity index (χ3v) is 4.61. The van der Waals surface area contributed by atoms with Crippen LogP contribution in [0.15, 0.2) is 42.9 Å². The van der Waals surface area contributed by atoms with Gasteiger partial charge in [-0.15, -0.1) is 0 Å². The first-order chi connectivity index (χ1) is 12.4. The Bertz CT molecular complexity index is 945. The molecule has 0 bridgehead atoms. The Hall–Kier alpha value is -2.84. The average Bonchev–Trinajstić information content (AvgIpc) is 3.28. The van der Waals surface area contributed by atoms with E-state index in [1.165, 1.54) is 17.1 Å². The summed E-state index contributed by atoms with van der Waals surface area (Å²) >= 11 is 0. The molecule has 4 rings (SSSR count). The molecule has 1 atom stereocenters. The highest BCUT2D eigenvalue weighted by Gasteiger charge is 2.35. The van der Waals surface area contributed by atoms with Crippen molar-refractivity contribution in [3.63, 3.8) is 0 Å². The van der Waals surface area contributed by atoms with Crippen molar-refractivity contribution in [2.45, 2.75) is 25.1 Å². The van der Waals surface area contributed by atoms with Gasteiger partial charge in [0.1, 0.15) is 0 Å². The largest absolute Gasteiger partial charge is 0.435 e. The van der Waals surface area contributed by atoms with Gasteiger partial charge in [-0.2, -0.15) is 23.4 Å². The van der Waals surface area contributed by atoms with Crippen LogP contribution in [0, 0.1) is 0 Å². The molecule has 136 valence electrons. The Labute approximate surface area is 146 Å². The summed E-state index contributed by atoms with van der Waals surface area (Å²) in [5.41, 5.74) is 0.282. The van der Waals surface area contributed by atoms with Gasteiger partial charge in [0.15, 0.2) is 5.69 Å². The van der Waals surface area contributed by atoms with Gasteiger partial charge in [-0.1, -0.05) is 6.07 Å². The number of nitrogens with zero attached hydrogens (tertiary/aromatic N) is 5. The molecule has 1 aliphatic heterocycles. The minimum atomic E-state index is -4.47. The molecule has 3 aromatic rings. The maximum atomic E-state index is 12.9.